The van der Waals surface area contributed by atoms with E-state index < -0.39 is 6.09 Å². The number of hydrogen-bond donors (Lipinski definition) is 2. The Morgan fingerprint density at radius 2 is 1.73 bits per heavy atom. The minimum absolute atomic E-state index is 0.0370. The van der Waals surface area contributed by atoms with Crippen LogP contribution in [0.15, 0.2) is 36.9 Å². The van der Waals surface area contributed by atoms with Crippen LogP contribution in [0.5, 0.6) is 5.75 Å². The summed E-state index contributed by atoms with van der Waals surface area (Å²) in [7, 11) is 0. The molecular weight excluding hydrogens is 384 g/mol. The molecule has 0 bridgehead atoms. The Morgan fingerprint density at radius 3 is 2.43 bits per heavy atom. The van der Waals surface area contributed by atoms with Gasteiger partial charge in [-0.15, -0.1) is 0 Å². The van der Waals surface area contributed by atoms with Crippen LogP contribution < -0.4 is 4.90 Å². The highest BCUT2D eigenvalue weighted by Crippen LogP contribution is 2.42. The quantitative estimate of drug-likeness (QED) is 0.667. The van der Waals surface area contributed by atoms with Crippen molar-refractivity contribution in [3.8, 4) is 17.1 Å². The molecule has 0 aliphatic carbocycles. The van der Waals surface area contributed by atoms with E-state index >= 15 is 0 Å². The van der Waals surface area contributed by atoms with Gasteiger partial charge in [-0.2, -0.15) is 0 Å². The third kappa shape index (κ3) is 3.16. The number of rotatable bonds is 2. The van der Waals surface area contributed by atoms with Crippen molar-refractivity contribution >= 4 is 22.8 Å². The summed E-state index contributed by atoms with van der Waals surface area (Å²) in [5, 5.41) is 20.4. The zero-order chi connectivity index (χ0) is 20.7. The Morgan fingerprint density at radius 1 is 1.00 bits per heavy atom. The summed E-state index contributed by atoms with van der Waals surface area (Å²) in [6.07, 6.45) is 8.28. The molecule has 2 aliphatic rings. The van der Waals surface area contributed by atoms with Crippen LogP contribution in [0.25, 0.3) is 22.3 Å². The van der Waals surface area contributed by atoms with E-state index in [0.717, 1.165) is 37.9 Å². The molecule has 2 fully saturated rings. The molecule has 0 atom stereocenters. The molecule has 0 aromatic carbocycles. The second kappa shape index (κ2) is 7.08. The summed E-state index contributed by atoms with van der Waals surface area (Å²) < 4.78 is 0. The summed E-state index contributed by atoms with van der Waals surface area (Å²) in [5.74, 6) is 1.31. The van der Waals surface area contributed by atoms with Crippen LogP contribution >= 0.6 is 0 Å². The first-order valence-electron chi connectivity index (χ1n) is 10.0. The molecule has 2 saturated heterocycles. The SMILES string of the molecule is O=C(O)N1CCC2(CCN(c3nc(-c4ccncc4)nc4cncc(O)c34)CC2)C1. The van der Waals surface area contributed by atoms with Gasteiger partial charge in [-0.25, -0.2) is 14.8 Å². The molecule has 2 N–H and O–H groups in total. The zero-order valence-corrected chi connectivity index (χ0v) is 16.4. The maximum atomic E-state index is 11.3. The molecule has 3 aromatic rings. The number of nitrogens with zero attached hydrogens (tertiary/aromatic N) is 6. The summed E-state index contributed by atoms with van der Waals surface area (Å²) in [4.78, 5) is 32.6. The average molecular weight is 406 g/mol. The fourth-order valence-corrected chi connectivity index (χ4v) is 4.61. The fourth-order valence-electron chi connectivity index (χ4n) is 4.61. The molecule has 1 spiro atoms. The van der Waals surface area contributed by atoms with Crippen molar-refractivity contribution in [2.24, 2.45) is 5.41 Å². The van der Waals surface area contributed by atoms with Crippen molar-refractivity contribution in [1.29, 1.82) is 0 Å². The highest BCUT2D eigenvalue weighted by molar-refractivity contribution is 5.95. The van der Waals surface area contributed by atoms with E-state index in [1.54, 1.807) is 18.6 Å². The summed E-state index contributed by atoms with van der Waals surface area (Å²) in [6.45, 7) is 2.69. The third-order valence-corrected chi connectivity index (χ3v) is 6.34. The molecule has 5 heterocycles. The van der Waals surface area contributed by atoms with Gasteiger partial charge in [-0.1, -0.05) is 0 Å². The number of aromatic hydroxyl groups is 1. The van der Waals surface area contributed by atoms with Crippen LogP contribution in [-0.4, -0.2) is 67.3 Å². The molecule has 9 heteroatoms. The van der Waals surface area contributed by atoms with E-state index in [-0.39, 0.29) is 11.2 Å². The molecule has 9 nitrogen and oxygen atoms in total. The Bertz CT molecular complexity index is 1100. The molecule has 5 rings (SSSR count). The van der Waals surface area contributed by atoms with Crippen molar-refractivity contribution in [3.63, 3.8) is 0 Å². The number of fused-ring (bicyclic) bond motifs is 1. The summed E-state index contributed by atoms with van der Waals surface area (Å²) in [6, 6.07) is 3.71. The van der Waals surface area contributed by atoms with E-state index in [9.17, 15) is 15.0 Å². The van der Waals surface area contributed by atoms with Gasteiger partial charge >= 0.3 is 6.09 Å². The molecular formula is C21H22N6O3. The van der Waals surface area contributed by atoms with Crippen molar-refractivity contribution in [2.75, 3.05) is 31.1 Å². The van der Waals surface area contributed by atoms with Crippen LogP contribution in [0.1, 0.15) is 19.3 Å². The lowest BCUT2D eigenvalue weighted by Gasteiger charge is -2.40. The van der Waals surface area contributed by atoms with Gasteiger partial charge in [0.05, 0.1) is 23.3 Å². The third-order valence-electron chi connectivity index (χ3n) is 6.34. The molecule has 30 heavy (non-hydrogen) atoms. The fraction of sp³-hybridized carbons (Fsp3) is 0.381. The maximum absolute atomic E-state index is 11.3. The lowest BCUT2D eigenvalue weighted by Crippen LogP contribution is -2.42. The first-order chi connectivity index (χ1) is 14.5. The Hall–Kier alpha value is -3.49. The number of amides is 1. The van der Waals surface area contributed by atoms with Gasteiger partial charge in [0, 0.05) is 44.1 Å². The van der Waals surface area contributed by atoms with Crippen LogP contribution in [0, 0.1) is 5.41 Å². The highest BCUT2D eigenvalue weighted by Gasteiger charge is 2.42. The van der Waals surface area contributed by atoms with E-state index in [4.69, 9.17) is 4.98 Å². The Balaban J connectivity index is 1.49. The minimum atomic E-state index is -0.837. The Kier molecular flexibility index (Phi) is 4.38. The Labute approximate surface area is 173 Å². The molecule has 0 radical (unpaired) electrons. The van der Waals surface area contributed by atoms with Crippen LogP contribution in [0.4, 0.5) is 10.6 Å². The minimum Gasteiger partial charge on any atom is -0.505 e. The number of anilines is 1. The maximum Gasteiger partial charge on any atom is 0.407 e. The molecule has 154 valence electrons. The molecule has 2 aliphatic heterocycles. The molecule has 0 saturated carbocycles. The number of aromatic nitrogens is 4. The molecule has 0 unspecified atom stereocenters. The molecule has 3 aromatic heterocycles. The highest BCUT2D eigenvalue weighted by atomic mass is 16.4. The van der Waals surface area contributed by atoms with Crippen molar-refractivity contribution in [1.82, 2.24) is 24.8 Å². The standard InChI is InChI=1S/C21H22N6O3/c28-16-12-23-11-15-17(16)19(25-18(24-15)14-1-6-22-7-2-14)26-8-3-21(4-9-26)5-10-27(13-21)20(29)30/h1-2,6-7,11-12,28H,3-5,8-10,13H2,(H,29,30). The number of likely N-dealkylation sites (tertiary alicyclic amines) is 1. The van der Waals surface area contributed by atoms with Gasteiger partial charge in [0.15, 0.2) is 5.82 Å². The normalized spacial score (nSPS) is 18.3. The van der Waals surface area contributed by atoms with Crippen molar-refractivity contribution < 1.29 is 15.0 Å². The number of carbonyl (C=O) groups is 1. The lowest BCUT2D eigenvalue weighted by molar-refractivity contribution is 0.144. The van der Waals surface area contributed by atoms with E-state index in [1.807, 2.05) is 12.1 Å². The molecule has 1 amide bonds. The van der Waals surface area contributed by atoms with E-state index in [0.29, 0.717) is 35.6 Å². The summed E-state index contributed by atoms with van der Waals surface area (Å²) >= 11 is 0. The van der Waals surface area contributed by atoms with Crippen LogP contribution in [0.3, 0.4) is 0 Å². The van der Waals surface area contributed by atoms with E-state index in [1.165, 1.54) is 11.1 Å². The van der Waals surface area contributed by atoms with Gasteiger partial charge in [-0.3, -0.25) is 9.97 Å². The van der Waals surface area contributed by atoms with E-state index in [2.05, 4.69) is 19.9 Å². The number of piperidine rings is 1. The second-order valence-corrected chi connectivity index (χ2v) is 8.10. The predicted octanol–water partition coefficient (Wildman–Crippen LogP) is 2.76. The first kappa shape index (κ1) is 18.5. The van der Waals surface area contributed by atoms with Crippen molar-refractivity contribution in [2.45, 2.75) is 19.3 Å². The first-order valence-corrected chi connectivity index (χ1v) is 10.0. The van der Waals surface area contributed by atoms with Gasteiger partial charge in [0.1, 0.15) is 11.6 Å². The number of carboxylic acid groups (broad SMARTS) is 1. The number of pyridine rings is 2. The predicted molar refractivity (Wildman–Crippen MR) is 110 cm³/mol. The largest absolute Gasteiger partial charge is 0.505 e. The zero-order valence-electron chi connectivity index (χ0n) is 16.4. The van der Waals surface area contributed by atoms with Crippen LogP contribution in [0.2, 0.25) is 0 Å². The smallest absolute Gasteiger partial charge is 0.407 e. The summed E-state index contributed by atoms with van der Waals surface area (Å²) in [5.41, 5.74) is 1.47. The second-order valence-electron chi connectivity index (χ2n) is 8.10. The monoisotopic (exact) mass is 406 g/mol. The van der Waals surface area contributed by atoms with Crippen LogP contribution in [-0.2, 0) is 0 Å². The number of hydrogen-bond acceptors (Lipinski definition) is 7. The van der Waals surface area contributed by atoms with Gasteiger partial charge in [0.25, 0.3) is 0 Å². The van der Waals surface area contributed by atoms with Gasteiger partial charge < -0.3 is 20.0 Å². The lowest BCUT2D eigenvalue weighted by atomic mass is 9.78. The van der Waals surface area contributed by atoms with Gasteiger partial charge in [-0.05, 0) is 36.8 Å². The average Bonchev–Trinajstić information content (AvgIpc) is 3.18. The van der Waals surface area contributed by atoms with Gasteiger partial charge in [0.2, 0.25) is 0 Å². The van der Waals surface area contributed by atoms with Crippen molar-refractivity contribution in [3.05, 3.63) is 36.9 Å². The topological polar surface area (TPSA) is 116 Å².